The SMILES string of the molecule is C=CC1c2sccc2C(NN)=CN1c1ccccc1OCC. The van der Waals surface area contributed by atoms with Crippen LogP contribution in [0.3, 0.4) is 0 Å². The van der Waals surface area contributed by atoms with Crippen LogP contribution in [0.5, 0.6) is 5.75 Å². The predicted octanol–water partition coefficient (Wildman–Crippen LogP) is 3.66. The van der Waals surface area contributed by atoms with Crippen LogP contribution < -0.4 is 20.9 Å². The molecular weight excluding hydrogens is 294 g/mol. The molecule has 2 heterocycles. The Bertz CT molecular complexity index is 707. The minimum absolute atomic E-state index is 0.0636. The second-order valence-corrected chi connectivity index (χ2v) is 5.82. The van der Waals surface area contributed by atoms with Crippen LogP contribution in [0, 0.1) is 0 Å². The number of benzene rings is 1. The summed E-state index contributed by atoms with van der Waals surface area (Å²) in [6.45, 7) is 6.62. The molecule has 0 amide bonds. The number of nitrogens with two attached hydrogens (primary N) is 1. The van der Waals surface area contributed by atoms with Crippen LogP contribution in [0.25, 0.3) is 5.70 Å². The van der Waals surface area contributed by atoms with E-state index in [1.54, 1.807) is 11.3 Å². The number of anilines is 1. The van der Waals surface area contributed by atoms with Gasteiger partial charge in [-0.3, -0.25) is 5.84 Å². The fraction of sp³-hybridized carbons (Fsp3) is 0.176. The van der Waals surface area contributed by atoms with Crippen molar-refractivity contribution < 1.29 is 4.74 Å². The Hall–Kier alpha value is -2.24. The van der Waals surface area contributed by atoms with Gasteiger partial charge in [0, 0.05) is 16.6 Å². The lowest BCUT2D eigenvalue weighted by Gasteiger charge is -2.34. The summed E-state index contributed by atoms with van der Waals surface area (Å²) < 4.78 is 5.77. The number of fused-ring (bicyclic) bond motifs is 1. The van der Waals surface area contributed by atoms with E-state index in [1.807, 2.05) is 43.5 Å². The molecule has 1 aromatic heterocycles. The number of hydrazine groups is 1. The molecule has 0 bridgehead atoms. The van der Waals surface area contributed by atoms with E-state index in [9.17, 15) is 0 Å². The maximum Gasteiger partial charge on any atom is 0.142 e. The number of thiophene rings is 1. The van der Waals surface area contributed by atoms with Gasteiger partial charge in [-0.25, -0.2) is 0 Å². The van der Waals surface area contributed by atoms with Gasteiger partial charge >= 0.3 is 0 Å². The Kier molecular flexibility index (Phi) is 4.18. The van der Waals surface area contributed by atoms with Gasteiger partial charge in [0.05, 0.1) is 24.0 Å². The monoisotopic (exact) mass is 313 g/mol. The third-order valence-electron chi connectivity index (χ3n) is 3.64. The van der Waals surface area contributed by atoms with Crippen LogP contribution in [-0.4, -0.2) is 6.61 Å². The zero-order valence-electron chi connectivity index (χ0n) is 12.5. The highest BCUT2D eigenvalue weighted by molar-refractivity contribution is 7.10. The number of hydrogen-bond donors (Lipinski definition) is 2. The van der Waals surface area contributed by atoms with E-state index in [1.165, 1.54) is 4.88 Å². The number of para-hydroxylation sites is 2. The zero-order valence-corrected chi connectivity index (χ0v) is 13.3. The predicted molar refractivity (Wildman–Crippen MR) is 92.6 cm³/mol. The van der Waals surface area contributed by atoms with Crippen LogP contribution in [0.4, 0.5) is 5.69 Å². The fourth-order valence-electron chi connectivity index (χ4n) is 2.69. The van der Waals surface area contributed by atoms with Gasteiger partial charge in [0.2, 0.25) is 0 Å². The topological polar surface area (TPSA) is 50.5 Å². The van der Waals surface area contributed by atoms with Gasteiger partial charge in [0.25, 0.3) is 0 Å². The third-order valence-corrected chi connectivity index (χ3v) is 4.63. The summed E-state index contributed by atoms with van der Waals surface area (Å²) >= 11 is 1.70. The highest BCUT2D eigenvalue weighted by atomic mass is 32.1. The smallest absolute Gasteiger partial charge is 0.142 e. The first-order valence-corrected chi connectivity index (χ1v) is 8.07. The first-order chi connectivity index (χ1) is 10.8. The van der Waals surface area contributed by atoms with Crippen LogP contribution >= 0.6 is 11.3 Å². The van der Waals surface area contributed by atoms with Crippen LogP contribution in [0.1, 0.15) is 23.4 Å². The third kappa shape index (κ3) is 2.38. The molecule has 114 valence electrons. The lowest BCUT2D eigenvalue weighted by atomic mass is 10.0. The molecule has 3 rings (SSSR count). The molecule has 0 fully saturated rings. The van der Waals surface area contributed by atoms with Gasteiger partial charge in [0.1, 0.15) is 5.75 Å². The summed E-state index contributed by atoms with van der Waals surface area (Å²) in [6, 6.07) is 10.1. The average Bonchev–Trinajstić information content (AvgIpc) is 3.03. The second kappa shape index (κ2) is 6.25. The number of hydrogen-bond acceptors (Lipinski definition) is 5. The zero-order chi connectivity index (χ0) is 15.5. The van der Waals surface area contributed by atoms with Crippen molar-refractivity contribution in [1.82, 2.24) is 5.43 Å². The van der Waals surface area contributed by atoms with Crippen LogP contribution in [-0.2, 0) is 0 Å². The molecule has 1 atom stereocenters. The molecule has 5 heteroatoms. The quantitative estimate of drug-likeness (QED) is 0.502. The van der Waals surface area contributed by atoms with E-state index in [0.29, 0.717) is 6.61 Å². The minimum atomic E-state index is 0.0636. The van der Waals surface area contributed by atoms with Crippen molar-refractivity contribution in [2.75, 3.05) is 11.5 Å². The number of ether oxygens (including phenoxy) is 1. The molecule has 0 saturated carbocycles. The van der Waals surface area contributed by atoms with Crippen molar-refractivity contribution in [2.45, 2.75) is 13.0 Å². The molecule has 2 aromatic rings. The van der Waals surface area contributed by atoms with Gasteiger partial charge in [-0.1, -0.05) is 18.2 Å². The Morgan fingerprint density at radius 3 is 2.95 bits per heavy atom. The Balaban J connectivity index is 2.12. The normalized spacial score (nSPS) is 16.7. The Morgan fingerprint density at radius 1 is 1.41 bits per heavy atom. The van der Waals surface area contributed by atoms with E-state index in [4.69, 9.17) is 10.6 Å². The maximum atomic E-state index is 5.77. The molecule has 1 aliphatic rings. The molecule has 0 aliphatic carbocycles. The van der Waals surface area contributed by atoms with Crippen molar-refractivity contribution in [2.24, 2.45) is 5.84 Å². The van der Waals surface area contributed by atoms with E-state index in [-0.39, 0.29) is 6.04 Å². The van der Waals surface area contributed by atoms with E-state index >= 15 is 0 Å². The van der Waals surface area contributed by atoms with Crippen molar-refractivity contribution in [3.05, 3.63) is 65.0 Å². The highest BCUT2D eigenvalue weighted by Gasteiger charge is 2.28. The first kappa shape index (κ1) is 14.7. The molecular formula is C17H19N3OS. The minimum Gasteiger partial charge on any atom is -0.492 e. The van der Waals surface area contributed by atoms with Crippen LogP contribution in [0.15, 0.2) is 54.6 Å². The van der Waals surface area contributed by atoms with Gasteiger partial charge < -0.3 is 15.1 Å². The van der Waals surface area contributed by atoms with Crippen molar-refractivity contribution >= 4 is 22.7 Å². The summed E-state index contributed by atoms with van der Waals surface area (Å²) in [5.41, 5.74) is 5.81. The summed E-state index contributed by atoms with van der Waals surface area (Å²) in [5, 5.41) is 2.07. The van der Waals surface area contributed by atoms with Crippen molar-refractivity contribution in [3.8, 4) is 5.75 Å². The lowest BCUT2D eigenvalue weighted by Crippen LogP contribution is -2.31. The summed E-state index contributed by atoms with van der Waals surface area (Å²) in [7, 11) is 0. The highest BCUT2D eigenvalue weighted by Crippen LogP contribution is 2.43. The molecule has 4 nitrogen and oxygen atoms in total. The first-order valence-electron chi connectivity index (χ1n) is 7.19. The van der Waals surface area contributed by atoms with Crippen molar-refractivity contribution in [1.29, 1.82) is 0 Å². The van der Waals surface area contributed by atoms with E-state index in [0.717, 1.165) is 22.7 Å². The largest absolute Gasteiger partial charge is 0.492 e. The summed E-state index contributed by atoms with van der Waals surface area (Å²) in [4.78, 5) is 3.36. The Morgan fingerprint density at radius 2 is 2.23 bits per heavy atom. The molecule has 0 radical (unpaired) electrons. The molecule has 22 heavy (non-hydrogen) atoms. The standard InChI is InChI=1S/C17H19N3OS/c1-3-14-17-12(9-10-22-17)13(19-18)11-20(14)15-7-5-6-8-16(15)21-4-2/h3,5-11,14,19H,1,4,18H2,2H3. The molecule has 3 N–H and O–H groups in total. The van der Waals surface area contributed by atoms with Gasteiger partial charge in [0.15, 0.2) is 0 Å². The summed E-state index contributed by atoms with van der Waals surface area (Å²) in [5.74, 6) is 6.56. The lowest BCUT2D eigenvalue weighted by molar-refractivity contribution is 0.340. The number of nitrogens with zero attached hydrogens (tertiary/aromatic N) is 1. The van der Waals surface area contributed by atoms with Gasteiger partial charge in [-0.15, -0.1) is 17.9 Å². The van der Waals surface area contributed by atoms with E-state index in [2.05, 4.69) is 28.4 Å². The number of rotatable bonds is 5. The second-order valence-electron chi connectivity index (χ2n) is 4.87. The van der Waals surface area contributed by atoms with Crippen molar-refractivity contribution in [3.63, 3.8) is 0 Å². The van der Waals surface area contributed by atoms with Gasteiger partial charge in [-0.2, -0.15) is 0 Å². The fourth-order valence-corrected chi connectivity index (χ4v) is 3.70. The molecule has 1 aromatic carbocycles. The average molecular weight is 313 g/mol. The molecule has 0 spiro atoms. The van der Waals surface area contributed by atoms with Gasteiger partial charge in [-0.05, 0) is 30.5 Å². The molecule has 1 aliphatic heterocycles. The molecule has 0 saturated heterocycles. The van der Waals surface area contributed by atoms with Crippen LogP contribution in [0.2, 0.25) is 0 Å². The Labute approximate surface area is 134 Å². The number of nitrogens with one attached hydrogen (secondary N) is 1. The maximum absolute atomic E-state index is 5.77. The van der Waals surface area contributed by atoms with E-state index < -0.39 is 0 Å². The molecule has 1 unspecified atom stereocenters. The summed E-state index contributed by atoms with van der Waals surface area (Å²) in [6.07, 6.45) is 3.96.